The van der Waals surface area contributed by atoms with Crippen LogP contribution in [0.5, 0.6) is 11.5 Å². The molecule has 4 heteroatoms. The summed E-state index contributed by atoms with van der Waals surface area (Å²) < 4.78 is 24.6. The summed E-state index contributed by atoms with van der Waals surface area (Å²) in [6, 6.07) is 18.4. The molecular formula is C23H24FNO2. The number of rotatable bonds is 7. The lowest BCUT2D eigenvalue weighted by molar-refractivity contribution is 0.281. The lowest BCUT2D eigenvalue weighted by Crippen LogP contribution is -2.05. The molecule has 0 aliphatic heterocycles. The van der Waals surface area contributed by atoms with Crippen LogP contribution < -0.4 is 14.8 Å². The lowest BCUT2D eigenvalue weighted by Gasteiger charge is -2.16. The monoisotopic (exact) mass is 365 g/mol. The first-order valence-electron chi connectivity index (χ1n) is 8.91. The molecular weight excluding hydrogens is 341 g/mol. The first kappa shape index (κ1) is 18.8. The summed E-state index contributed by atoms with van der Waals surface area (Å²) in [6.07, 6.45) is 0. The van der Waals surface area contributed by atoms with Crippen molar-refractivity contribution >= 4 is 5.69 Å². The highest BCUT2D eigenvalue weighted by molar-refractivity contribution is 5.52. The Bertz CT molecular complexity index is 907. The minimum atomic E-state index is -0.255. The van der Waals surface area contributed by atoms with Gasteiger partial charge in [-0.25, -0.2) is 4.39 Å². The molecule has 0 amide bonds. The molecule has 0 radical (unpaired) electrons. The number of hydrogen-bond acceptors (Lipinski definition) is 3. The molecule has 0 heterocycles. The number of aryl methyl sites for hydroxylation is 2. The van der Waals surface area contributed by atoms with E-state index in [-0.39, 0.29) is 5.82 Å². The molecule has 3 aromatic rings. The minimum absolute atomic E-state index is 0.255. The number of anilines is 1. The second kappa shape index (κ2) is 8.58. The molecule has 0 saturated carbocycles. The highest BCUT2D eigenvalue weighted by Crippen LogP contribution is 2.32. The maximum atomic E-state index is 13.1. The van der Waals surface area contributed by atoms with Crippen LogP contribution in [-0.4, -0.2) is 7.11 Å². The Hall–Kier alpha value is -3.01. The number of hydrogen-bond donors (Lipinski definition) is 1. The van der Waals surface area contributed by atoms with E-state index in [9.17, 15) is 4.39 Å². The van der Waals surface area contributed by atoms with Crippen LogP contribution in [0.1, 0.15) is 22.3 Å². The second-order valence-corrected chi connectivity index (χ2v) is 6.52. The van der Waals surface area contributed by atoms with Gasteiger partial charge in [-0.2, -0.15) is 0 Å². The van der Waals surface area contributed by atoms with Crippen LogP contribution in [0.3, 0.4) is 0 Å². The van der Waals surface area contributed by atoms with E-state index < -0.39 is 0 Å². The summed E-state index contributed by atoms with van der Waals surface area (Å²) in [6.45, 7) is 5.15. The summed E-state index contributed by atoms with van der Waals surface area (Å²) in [5.41, 5.74) is 5.47. The number of para-hydroxylation sites is 1. The number of benzene rings is 3. The molecule has 0 fully saturated rings. The predicted molar refractivity (Wildman–Crippen MR) is 107 cm³/mol. The predicted octanol–water partition coefficient (Wildman–Crippen LogP) is 5.64. The highest BCUT2D eigenvalue weighted by Gasteiger charge is 2.11. The molecule has 3 rings (SSSR count). The van der Waals surface area contributed by atoms with E-state index in [1.807, 2.05) is 18.2 Å². The number of nitrogens with one attached hydrogen (secondary N) is 1. The van der Waals surface area contributed by atoms with Gasteiger partial charge in [0, 0.05) is 17.8 Å². The average molecular weight is 365 g/mol. The summed E-state index contributed by atoms with van der Waals surface area (Å²) in [5.74, 6) is 1.12. The molecule has 0 aromatic heterocycles. The summed E-state index contributed by atoms with van der Waals surface area (Å²) in [4.78, 5) is 0. The van der Waals surface area contributed by atoms with Crippen LogP contribution >= 0.6 is 0 Å². The van der Waals surface area contributed by atoms with E-state index in [1.54, 1.807) is 19.2 Å². The molecule has 3 nitrogen and oxygen atoms in total. The second-order valence-electron chi connectivity index (χ2n) is 6.52. The summed E-state index contributed by atoms with van der Waals surface area (Å²) in [7, 11) is 1.63. The van der Waals surface area contributed by atoms with Crippen molar-refractivity contribution < 1.29 is 13.9 Å². The van der Waals surface area contributed by atoms with Gasteiger partial charge in [0.2, 0.25) is 0 Å². The molecule has 0 bridgehead atoms. The van der Waals surface area contributed by atoms with Crippen LogP contribution in [0.15, 0.2) is 60.7 Å². The zero-order chi connectivity index (χ0) is 19.2. The molecule has 0 saturated heterocycles. The van der Waals surface area contributed by atoms with Gasteiger partial charge in [-0.05, 0) is 60.9 Å². The average Bonchev–Trinajstić information content (AvgIpc) is 2.68. The van der Waals surface area contributed by atoms with Crippen molar-refractivity contribution in [3.8, 4) is 11.5 Å². The van der Waals surface area contributed by atoms with Crippen LogP contribution in [0, 0.1) is 19.7 Å². The highest BCUT2D eigenvalue weighted by atomic mass is 19.1. The van der Waals surface area contributed by atoms with E-state index >= 15 is 0 Å². The maximum Gasteiger partial charge on any atom is 0.166 e. The minimum Gasteiger partial charge on any atom is -0.493 e. The van der Waals surface area contributed by atoms with Gasteiger partial charge < -0.3 is 14.8 Å². The van der Waals surface area contributed by atoms with Crippen molar-refractivity contribution in [2.75, 3.05) is 12.4 Å². The fourth-order valence-corrected chi connectivity index (χ4v) is 2.81. The van der Waals surface area contributed by atoms with Gasteiger partial charge in [-0.3, -0.25) is 0 Å². The molecule has 0 spiro atoms. The third-order valence-corrected chi connectivity index (χ3v) is 4.57. The Labute approximate surface area is 159 Å². The normalized spacial score (nSPS) is 10.5. The Morgan fingerprint density at radius 1 is 0.926 bits per heavy atom. The van der Waals surface area contributed by atoms with Gasteiger partial charge in [-0.1, -0.05) is 30.3 Å². The molecule has 3 aromatic carbocycles. The quantitative estimate of drug-likeness (QED) is 0.587. The number of halogens is 1. The van der Waals surface area contributed by atoms with Crippen LogP contribution in [0.4, 0.5) is 10.1 Å². The van der Waals surface area contributed by atoms with Gasteiger partial charge >= 0.3 is 0 Å². The van der Waals surface area contributed by atoms with Gasteiger partial charge in [0.15, 0.2) is 11.5 Å². The fraction of sp³-hybridized carbons (Fsp3) is 0.217. The van der Waals surface area contributed by atoms with Crippen LogP contribution in [-0.2, 0) is 13.2 Å². The smallest absolute Gasteiger partial charge is 0.166 e. The van der Waals surface area contributed by atoms with Gasteiger partial charge in [-0.15, -0.1) is 0 Å². The van der Waals surface area contributed by atoms with Crippen LogP contribution in [0.25, 0.3) is 0 Å². The topological polar surface area (TPSA) is 30.5 Å². The van der Waals surface area contributed by atoms with Crippen LogP contribution in [0.2, 0.25) is 0 Å². The third-order valence-electron chi connectivity index (χ3n) is 4.57. The van der Waals surface area contributed by atoms with E-state index in [0.29, 0.717) is 24.7 Å². The molecule has 0 atom stereocenters. The largest absolute Gasteiger partial charge is 0.493 e. The van der Waals surface area contributed by atoms with Crippen molar-refractivity contribution in [1.82, 2.24) is 0 Å². The van der Waals surface area contributed by atoms with Crippen molar-refractivity contribution in [2.45, 2.75) is 27.0 Å². The maximum absolute atomic E-state index is 13.1. The van der Waals surface area contributed by atoms with E-state index in [2.05, 4.69) is 37.4 Å². The van der Waals surface area contributed by atoms with Gasteiger partial charge in [0.1, 0.15) is 12.4 Å². The standard InChI is InChI=1S/C23H24FNO2/c1-16-7-12-21(13-17(16)2)25-14-19-5-4-6-22(26-3)23(19)27-15-18-8-10-20(24)11-9-18/h4-13,25H,14-15H2,1-3H3. The molecule has 0 aliphatic carbocycles. The first-order valence-corrected chi connectivity index (χ1v) is 8.91. The Kier molecular flexibility index (Phi) is 5.97. The Morgan fingerprint density at radius 3 is 2.41 bits per heavy atom. The first-order chi connectivity index (χ1) is 13.1. The van der Waals surface area contributed by atoms with Crippen molar-refractivity contribution in [1.29, 1.82) is 0 Å². The third kappa shape index (κ3) is 4.79. The molecule has 1 N–H and O–H groups in total. The van der Waals surface area contributed by atoms with E-state index in [4.69, 9.17) is 9.47 Å². The van der Waals surface area contributed by atoms with Crippen molar-refractivity contribution in [3.05, 3.63) is 88.7 Å². The Balaban J connectivity index is 1.76. The number of methoxy groups -OCH3 is 1. The van der Waals surface area contributed by atoms with E-state index in [0.717, 1.165) is 16.8 Å². The molecule has 140 valence electrons. The van der Waals surface area contributed by atoms with Crippen molar-refractivity contribution in [3.63, 3.8) is 0 Å². The zero-order valence-corrected chi connectivity index (χ0v) is 15.9. The van der Waals surface area contributed by atoms with Crippen molar-refractivity contribution in [2.24, 2.45) is 0 Å². The SMILES string of the molecule is COc1cccc(CNc2ccc(C)c(C)c2)c1OCc1ccc(F)cc1. The van der Waals surface area contributed by atoms with Gasteiger partial charge in [0.05, 0.1) is 7.11 Å². The molecule has 0 unspecified atom stereocenters. The lowest BCUT2D eigenvalue weighted by atomic mass is 10.1. The molecule has 27 heavy (non-hydrogen) atoms. The fourth-order valence-electron chi connectivity index (χ4n) is 2.81. The molecule has 0 aliphatic rings. The zero-order valence-electron chi connectivity index (χ0n) is 15.9. The van der Waals surface area contributed by atoms with E-state index in [1.165, 1.54) is 23.3 Å². The van der Waals surface area contributed by atoms with Gasteiger partial charge in [0.25, 0.3) is 0 Å². The Morgan fingerprint density at radius 2 is 1.70 bits per heavy atom. The summed E-state index contributed by atoms with van der Waals surface area (Å²) in [5, 5.41) is 3.44. The summed E-state index contributed by atoms with van der Waals surface area (Å²) >= 11 is 0. The number of ether oxygens (including phenoxy) is 2.